The highest BCUT2D eigenvalue weighted by Crippen LogP contribution is 2.18. The van der Waals surface area contributed by atoms with E-state index in [-0.39, 0.29) is 17.9 Å². The van der Waals surface area contributed by atoms with Crippen LogP contribution in [0.5, 0.6) is 0 Å². The molecule has 1 saturated heterocycles. The maximum absolute atomic E-state index is 12.2. The highest BCUT2D eigenvalue weighted by molar-refractivity contribution is 5.90. The van der Waals surface area contributed by atoms with Gasteiger partial charge < -0.3 is 15.5 Å². The number of benzene rings is 1. The molecule has 1 unspecified atom stereocenters. The number of para-hydroxylation sites is 1. The molecule has 21 heavy (non-hydrogen) atoms. The van der Waals surface area contributed by atoms with Crippen LogP contribution in [0.15, 0.2) is 43.0 Å². The largest absolute Gasteiger partial charge is 0.352 e. The van der Waals surface area contributed by atoms with E-state index in [9.17, 15) is 9.59 Å². The molecule has 1 aliphatic heterocycles. The average Bonchev–Trinajstić information content (AvgIpc) is 2.53. The zero-order chi connectivity index (χ0) is 15.1. The van der Waals surface area contributed by atoms with Crippen molar-refractivity contribution < 1.29 is 9.59 Å². The van der Waals surface area contributed by atoms with E-state index >= 15 is 0 Å². The third-order valence-corrected chi connectivity index (χ3v) is 3.53. The van der Waals surface area contributed by atoms with E-state index in [1.807, 2.05) is 30.3 Å². The van der Waals surface area contributed by atoms with Gasteiger partial charge in [-0.05, 0) is 25.0 Å². The first-order chi connectivity index (χ1) is 10.2. The number of urea groups is 1. The Bertz CT molecular complexity index is 502. The predicted octanol–water partition coefficient (Wildman–Crippen LogP) is 2.23. The van der Waals surface area contributed by atoms with E-state index in [0.717, 1.165) is 18.5 Å². The van der Waals surface area contributed by atoms with Crippen LogP contribution in [0.4, 0.5) is 10.5 Å². The molecule has 0 saturated carbocycles. The zero-order valence-corrected chi connectivity index (χ0v) is 12.0. The maximum atomic E-state index is 12.2. The molecule has 112 valence electrons. The molecule has 0 spiro atoms. The van der Waals surface area contributed by atoms with Crippen LogP contribution in [0.25, 0.3) is 0 Å². The van der Waals surface area contributed by atoms with Gasteiger partial charge in [0.15, 0.2) is 0 Å². The molecule has 1 aromatic rings. The lowest BCUT2D eigenvalue weighted by Gasteiger charge is -2.32. The monoisotopic (exact) mass is 287 g/mol. The Morgan fingerprint density at radius 1 is 1.33 bits per heavy atom. The lowest BCUT2D eigenvalue weighted by atomic mass is 9.97. The number of hydrogen-bond donors (Lipinski definition) is 2. The van der Waals surface area contributed by atoms with Gasteiger partial charge in [0.1, 0.15) is 0 Å². The minimum atomic E-state index is -0.151. The molecule has 3 amide bonds. The SMILES string of the molecule is C=CCNC(=O)C1CCCN(C(=O)Nc2ccccc2)C1. The summed E-state index contributed by atoms with van der Waals surface area (Å²) in [5.41, 5.74) is 0.765. The van der Waals surface area contributed by atoms with Crippen molar-refractivity contribution in [2.45, 2.75) is 12.8 Å². The Balaban J connectivity index is 1.89. The third kappa shape index (κ3) is 4.34. The van der Waals surface area contributed by atoms with Crippen LogP contribution < -0.4 is 10.6 Å². The first-order valence-corrected chi connectivity index (χ1v) is 7.20. The van der Waals surface area contributed by atoms with Crippen molar-refractivity contribution in [2.24, 2.45) is 5.92 Å². The smallest absolute Gasteiger partial charge is 0.321 e. The summed E-state index contributed by atoms with van der Waals surface area (Å²) in [4.78, 5) is 25.9. The van der Waals surface area contributed by atoms with Gasteiger partial charge in [-0.15, -0.1) is 6.58 Å². The Morgan fingerprint density at radius 2 is 2.10 bits per heavy atom. The van der Waals surface area contributed by atoms with Gasteiger partial charge >= 0.3 is 6.03 Å². The first-order valence-electron chi connectivity index (χ1n) is 7.20. The fraction of sp³-hybridized carbons (Fsp3) is 0.375. The van der Waals surface area contributed by atoms with E-state index in [0.29, 0.717) is 19.6 Å². The van der Waals surface area contributed by atoms with Gasteiger partial charge in [-0.2, -0.15) is 0 Å². The molecule has 1 aliphatic rings. The van der Waals surface area contributed by atoms with Crippen LogP contribution in [0.2, 0.25) is 0 Å². The van der Waals surface area contributed by atoms with Gasteiger partial charge in [0.2, 0.25) is 5.91 Å². The number of carbonyl (C=O) groups is 2. The lowest BCUT2D eigenvalue weighted by molar-refractivity contribution is -0.126. The number of nitrogens with zero attached hydrogens (tertiary/aromatic N) is 1. The normalized spacial score (nSPS) is 17.9. The Morgan fingerprint density at radius 3 is 2.81 bits per heavy atom. The molecule has 0 radical (unpaired) electrons. The van der Waals surface area contributed by atoms with E-state index in [4.69, 9.17) is 0 Å². The van der Waals surface area contributed by atoms with E-state index in [1.54, 1.807) is 11.0 Å². The summed E-state index contributed by atoms with van der Waals surface area (Å²) in [6.07, 6.45) is 3.31. The van der Waals surface area contributed by atoms with Crippen molar-refractivity contribution >= 4 is 17.6 Å². The molecule has 5 heteroatoms. The van der Waals surface area contributed by atoms with Crippen molar-refractivity contribution in [3.05, 3.63) is 43.0 Å². The second kappa shape index (κ2) is 7.47. The van der Waals surface area contributed by atoms with Crippen molar-refractivity contribution in [3.63, 3.8) is 0 Å². The lowest BCUT2D eigenvalue weighted by Crippen LogP contribution is -2.46. The van der Waals surface area contributed by atoms with Gasteiger partial charge in [0.05, 0.1) is 5.92 Å². The summed E-state index contributed by atoms with van der Waals surface area (Å²) < 4.78 is 0. The van der Waals surface area contributed by atoms with E-state index in [1.165, 1.54) is 0 Å². The van der Waals surface area contributed by atoms with E-state index in [2.05, 4.69) is 17.2 Å². The van der Waals surface area contributed by atoms with Gasteiger partial charge in [-0.1, -0.05) is 24.3 Å². The summed E-state index contributed by atoms with van der Waals surface area (Å²) in [6, 6.07) is 9.18. The van der Waals surface area contributed by atoms with Crippen LogP contribution in [0, 0.1) is 5.92 Å². The summed E-state index contributed by atoms with van der Waals surface area (Å²) in [6.45, 7) is 5.19. The zero-order valence-electron chi connectivity index (χ0n) is 12.0. The third-order valence-electron chi connectivity index (χ3n) is 3.53. The molecule has 2 N–H and O–H groups in total. The molecule has 0 bridgehead atoms. The van der Waals surface area contributed by atoms with Gasteiger partial charge in [0, 0.05) is 25.3 Å². The molecule has 0 aliphatic carbocycles. The second-order valence-electron chi connectivity index (χ2n) is 5.12. The maximum Gasteiger partial charge on any atom is 0.321 e. The van der Waals surface area contributed by atoms with Crippen molar-refractivity contribution in [3.8, 4) is 0 Å². The number of hydrogen-bond acceptors (Lipinski definition) is 2. The van der Waals surface area contributed by atoms with Crippen molar-refractivity contribution in [2.75, 3.05) is 25.0 Å². The quantitative estimate of drug-likeness (QED) is 0.834. The molecule has 5 nitrogen and oxygen atoms in total. The van der Waals surface area contributed by atoms with Crippen LogP contribution in [-0.2, 0) is 4.79 Å². The summed E-state index contributed by atoms with van der Waals surface area (Å²) in [5, 5.41) is 5.65. The van der Waals surface area contributed by atoms with Crippen LogP contribution in [-0.4, -0.2) is 36.5 Å². The van der Waals surface area contributed by atoms with Crippen LogP contribution >= 0.6 is 0 Å². The number of piperidine rings is 1. The van der Waals surface area contributed by atoms with Crippen molar-refractivity contribution in [1.29, 1.82) is 0 Å². The number of nitrogens with one attached hydrogen (secondary N) is 2. The van der Waals surface area contributed by atoms with Crippen LogP contribution in [0.3, 0.4) is 0 Å². The molecule has 1 aromatic carbocycles. The molecule has 1 atom stereocenters. The predicted molar refractivity (Wildman–Crippen MR) is 83.0 cm³/mol. The molecular weight excluding hydrogens is 266 g/mol. The number of anilines is 1. The molecule has 2 rings (SSSR count). The highest BCUT2D eigenvalue weighted by Gasteiger charge is 2.28. The number of amides is 3. The van der Waals surface area contributed by atoms with E-state index < -0.39 is 0 Å². The highest BCUT2D eigenvalue weighted by atomic mass is 16.2. The van der Waals surface area contributed by atoms with Gasteiger partial charge in [-0.25, -0.2) is 4.79 Å². The summed E-state index contributed by atoms with van der Waals surface area (Å²) in [7, 11) is 0. The minimum absolute atomic E-state index is 0.00730. The Kier molecular flexibility index (Phi) is 5.37. The average molecular weight is 287 g/mol. The number of carbonyl (C=O) groups excluding carboxylic acids is 2. The molecule has 1 heterocycles. The fourth-order valence-electron chi connectivity index (χ4n) is 2.42. The van der Waals surface area contributed by atoms with Crippen LogP contribution in [0.1, 0.15) is 12.8 Å². The van der Waals surface area contributed by atoms with Gasteiger partial charge in [0.25, 0.3) is 0 Å². The number of likely N-dealkylation sites (tertiary alicyclic amines) is 1. The Labute approximate surface area is 125 Å². The van der Waals surface area contributed by atoms with Gasteiger partial charge in [-0.3, -0.25) is 4.79 Å². The minimum Gasteiger partial charge on any atom is -0.352 e. The summed E-state index contributed by atoms with van der Waals surface area (Å²) in [5.74, 6) is -0.146. The first kappa shape index (κ1) is 15.1. The topological polar surface area (TPSA) is 61.4 Å². The van der Waals surface area contributed by atoms with Crippen molar-refractivity contribution in [1.82, 2.24) is 10.2 Å². The second-order valence-corrected chi connectivity index (χ2v) is 5.12. The fourth-order valence-corrected chi connectivity index (χ4v) is 2.42. The molecule has 0 aromatic heterocycles. The molecule has 1 fully saturated rings. The summed E-state index contributed by atoms with van der Waals surface area (Å²) >= 11 is 0. The number of rotatable bonds is 4. The Hall–Kier alpha value is -2.30. The standard InChI is InChI=1S/C16H21N3O2/c1-2-10-17-15(20)13-7-6-11-19(12-13)16(21)18-14-8-4-3-5-9-14/h2-5,8-9,13H,1,6-7,10-12H2,(H,17,20)(H,18,21). The molecular formula is C16H21N3O2.